The average Bonchev–Trinajstić information content (AvgIpc) is 1.85. The molecule has 0 bridgehead atoms. The molecule has 0 saturated carbocycles. The Labute approximate surface area is 608 Å². The van der Waals surface area contributed by atoms with Gasteiger partial charge in [-0.15, -0.1) is 0 Å². The molecule has 2 amide bonds. The van der Waals surface area contributed by atoms with Gasteiger partial charge in [-0.2, -0.15) is 0 Å². The Morgan fingerprint density at radius 1 is 0.306 bits per heavy atom. The van der Waals surface area contributed by atoms with Crippen LogP contribution in [0.1, 0.15) is 401 Å². The van der Waals surface area contributed by atoms with Crippen molar-refractivity contribution in [3.63, 3.8) is 0 Å². The number of rotatable bonds is 75. The predicted molar refractivity (Wildman–Crippen MR) is 429 cm³/mol. The lowest BCUT2D eigenvalue weighted by Gasteiger charge is -2.22. The molecule has 0 aromatic carbocycles. The zero-order valence-corrected chi connectivity index (χ0v) is 65.5. The number of hydrogen-bond acceptors (Lipinski definition) is 7. The van der Waals surface area contributed by atoms with Gasteiger partial charge in [-0.3, -0.25) is 0 Å². The van der Waals surface area contributed by atoms with Gasteiger partial charge in [-0.05, 0) is 219 Å². The minimum Gasteiger partial charge on any atom is -0.464 e. The summed E-state index contributed by atoms with van der Waals surface area (Å²) in [5.41, 5.74) is 0. The SMILES string of the molecule is CCCCC/C=C/C/C=C/CCCCCCCCC(CCCCCCCC/C=C/C/C=C/CCCCC)OC(=O)NCCCCC(NC(=O)OC(CCCCCCCC/C=C/C/C=C/CCCCC)CCCCCCCC/C=C/C/C=C/CCCCC)C(=O)OCCCN(CC)CC. The first-order chi connectivity index (χ1) is 48.3. The summed E-state index contributed by atoms with van der Waals surface area (Å²) in [6.45, 7) is 16.8. The standard InChI is InChI=1S/C89H161N3O6/c1-7-13-17-21-25-29-33-37-41-45-49-53-57-61-65-69-76-84(77-70-66-62-58-54-50-46-42-38-34-30-26-22-18-14-8-2)97-88(94)90-81-74-73-80-86(87(93)96-83-75-82-92(11-5)12-6)91-89(95)98-85(78-71-67-63-59-55-51-47-43-39-35-31-27-23-19-15-9-3)79-72-68-64-60-56-52-48-44-40-36-32-28-24-20-16-10-4/h25-32,37-44,84-86H,7-24,33-36,45-83H2,1-6H3,(H,90,94)(H,91,95)/b29-25+,30-26+,31-27+,32-28+,41-37+,42-38+,43-39+,44-40+. The molecule has 1 atom stereocenters. The lowest BCUT2D eigenvalue weighted by Crippen LogP contribution is -2.43. The van der Waals surface area contributed by atoms with Crippen LogP contribution in [-0.4, -0.2) is 74.1 Å². The molecule has 0 aliphatic carbocycles. The van der Waals surface area contributed by atoms with Crippen molar-refractivity contribution in [2.24, 2.45) is 0 Å². The first-order valence-electron chi connectivity index (χ1n) is 42.3. The molecule has 98 heavy (non-hydrogen) atoms. The van der Waals surface area contributed by atoms with Gasteiger partial charge in [-0.1, -0.05) is 293 Å². The van der Waals surface area contributed by atoms with Gasteiger partial charge in [0.1, 0.15) is 18.2 Å². The monoisotopic (exact) mass is 1370 g/mol. The fourth-order valence-electron chi connectivity index (χ4n) is 12.5. The molecule has 0 aromatic rings. The highest BCUT2D eigenvalue weighted by molar-refractivity contribution is 5.81. The van der Waals surface area contributed by atoms with E-state index in [2.05, 4.69) is 154 Å². The van der Waals surface area contributed by atoms with Crippen LogP contribution in [-0.2, 0) is 19.0 Å². The predicted octanol–water partition coefficient (Wildman–Crippen LogP) is 27.8. The maximum atomic E-state index is 13.9. The van der Waals surface area contributed by atoms with Crippen LogP contribution in [0.4, 0.5) is 9.59 Å². The maximum Gasteiger partial charge on any atom is 0.408 e. The molecule has 0 aliphatic rings. The van der Waals surface area contributed by atoms with Crippen molar-refractivity contribution in [3.05, 3.63) is 97.2 Å². The lowest BCUT2D eigenvalue weighted by molar-refractivity contribution is -0.146. The van der Waals surface area contributed by atoms with E-state index in [0.717, 1.165) is 142 Å². The van der Waals surface area contributed by atoms with E-state index in [1.54, 1.807) is 0 Å². The highest BCUT2D eigenvalue weighted by Crippen LogP contribution is 2.21. The van der Waals surface area contributed by atoms with Crippen LogP contribution in [0.15, 0.2) is 97.2 Å². The number of unbranched alkanes of at least 4 members (excludes halogenated alkanes) is 37. The van der Waals surface area contributed by atoms with Crippen LogP contribution in [0.5, 0.6) is 0 Å². The Bertz CT molecular complexity index is 1840. The van der Waals surface area contributed by atoms with Crippen molar-refractivity contribution in [3.8, 4) is 0 Å². The minimum atomic E-state index is -0.833. The second-order valence-electron chi connectivity index (χ2n) is 28.2. The molecule has 568 valence electrons. The number of amides is 2. The quantitative estimate of drug-likeness (QED) is 0.0270. The average molecular weight is 1370 g/mol. The Morgan fingerprint density at radius 2 is 0.582 bits per heavy atom. The third kappa shape index (κ3) is 71.7. The van der Waals surface area contributed by atoms with Crippen LogP contribution in [0.3, 0.4) is 0 Å². The number of alkyl carbamates (subject to hydrolysis) is 2. The zero-order chi connectivity index (χ0) is 71.0. The molecular weight excluding hydrogens is 1210 g/mol. The minimum absolute atomic E-state index is 0.0906. The molecule has 0 radical (unpaired) electrons. The van der Waals surface area contributed by atoms with Crippen LogP contribution in [0.2, 0.25) is 0 Å². The van der Waals surface area contributed by atoms with Crippen LogP contribution in [0.25, 0.3) is 0 Å². The highest BCUT2D eigenvalue weighted by atomic mass is 16.6. The van der Waals surface area contributed by atoms with Gasteiger partial charge in [0.15, 0.2) is 0 Å². The molecule has 0 spiro atoms. The number of ether oxygens (including phenoxy) is 3. The van der Waals surface area contributed by atoms with Crippen molar-refractivity contribution in [1.82, 2.24) is 15.5 Å². The number of esters is 1. The molecule has 0 aliphatic heterocycles. The normalized spacial score (nSPS) is 12.7. The summed E-state index contributed by atoms with van der Waals surface area (Å²) in [6, 6.07) is -0.833. The van der Waals surface area contributed by atoms with Gasteiger partial charge in [0, 0.05) is 13.1 Å². The number of nitrogens with one attached hydrogen (secondary N) is 2. The molecule has 0 aromatic heterocycles. The van der Waals surface area contributed by atoms with Crippen LogP contribution >= 0.6 is 0 Å². The second kappa shape index (κ2) is 80.2. The van der Waals surface area contributed by atoms with Gasteiger partial charge in [0.2, 0.25) is 0 Å². The van der Waals surface area contributed by atoms with Gasteiger partial charge >= 0.3 is 18.2 Å². The first-order valence-corrected chi connectivity index (χ1v) is 42.3. The van der Waals surface area contributed by atoms with E-state index in [9.17, 15) is 14.4 Å². The maximum absolute atomic E-state index is 13.9. The van der Waals surface area contributed by atoms with Crippen molar-refractivity contribution in [2.75, 3.05) is 32.8 Å². The summed E-state index contributed by atoms with van der Waals surface area (Å²) in [6.07, 6.45) is 99.7. The Hall–Kier alpha value is -4.11. The molecule has 0 rings (SSSR count). The number of nitrogens with zero attached hydrogens (tertiary/aromatic N) is 1. The number of hydrogen-bond donors (Lipinski definition) is 2. The van der Waals surface area contributed by atoms with Gasteiger partial charge in [0.25, 0.3) is 0 Å². The Kier molecular flexibility index (Phi) is 76.8. The number of carbonyl (C=O) groups is 3. The molecule has 0 heterocycles. The van der Waals surface area contributed by atoms with E-state index in [0.29, 0.717) is 32.4 Å². The molecule has 1 unspecified atom stereocenters. The fourth-order valence-corrected chi connectivity index (χ4v) is 12.5. The smallest absolute Gasteiger partial charge is 0.408 e. The van der Waals surface area contributed by atoms with Crippen LogP contribution < -0.4 is 10.6 Å². The summed E-state index contributed by atoms with van der Waals surface area (Å²) in [5.74, 6) is -0.420. The van der Waals surface area contributed by atoms with Gasteiger partial charge in [0.05, 0.1) is 6.61 Å². The summed E-state index contributed by atoms with van der Waals surface area (Å²) in [7, 11) is 0. The number of allylic oxidation sites excluding steroid dienone is 16. The van der Waals surface area contributed by atoms with Crippen LogP contribution in [0, 0.1) is 0 Å². The third-order valence-corrected chi connectivity index (χ3v) is 19.0. The van der Waals surface area contributed by atoms with Crippen molar-refractivity contribution < 1.29 is 28.6 Å². The first kappa shape index (κ1) is 93.9. The highest BCUT2D eigenvalue weighted by Gasteiger charge is 2.25. The molecule has 0 saturated heterocycles. The summed E-state index contributed by atoms with van der Waals surface area (Å²) >= 11 is 0. The van der Waals surface area contributed by atoms with Crippen molar-refractivity contribution in [1.29, 1.82) is 0 Å². The van der Waals surface area contributed by atoms with E-state index >= 15 is 0 Å². The van der Waals surface area contributed by atoms with E-state index < -0.39 is 18.1 Å². The molecule has 2 N–H and O–H groups in total. The molecular formula is C89H161N3O6. The van der Waals surface area contributed by atoms with E-state index in [1.807, 2.05) is 0 Å². The molecule has 9 heteroatoms. The van der Waals surface area contributed by atoms with E-state index in [4.69, 9.17) is 14.2 Å². The zero-order valence-electron chi connectivity index (χ0n) is 65.5. The summed E-state index contributed by atoms with van der Waals surface area (Å²) < 4.78 is 18.3. The van der Waals surface area contributed by atoms with Crippen molar-refractivity contribution in [2.45, 2.75) is 419 Å². The van der Waals surface area contributed by atoms with Gasteiger partial charge in [-0.25, -0.2) is 14.4 Å². The third-order valence-electron chi connectivity index (χ3n) is 19.0. The summed E-state index contributed by atoms with van der Waals surface area (Å²) in [4.78, 5) is 43.5. The second-order valence-corrected chi connectivity index (χ2v) is 28.2. The Morgan fingerprint density at radius 3 is 0.888 bits per heavy atom. The topological polar surface area (TPSA) is 106 Å². The Balaban J connectivity index is 5.58. The summed E-state index contributed by atoms with van der Waals surface area (Å²) in [5, 5.41) is 6.03. The molecule has 0 fully saturated rings. The number of carbonyl (C=O) groups excluding carboxylic acids is 3. The fraction of sp³-hybridized carbons (Fsp3) is 0.787. The van der Waals surface area contributed by atoms with Gasteiger partial charge < -0.3 is 29.7 Å². The van der Waals surface area contributed by atoms with E-state index in [1.165, 1.54) is 218 Å². The van der Waals surface area contributed by atoms with Crippen molar-refractivity contribution >= 4 is 18.2 Å². The lowest BCUT2D eigenvalue weighted by atomic mass is 10.0. The molecule has 9 nitrogen and oxygen atoms in total. The largest absolute Gasteiger partial charge is 0.464 e. The van der Waals surface area contributed by atoms with E-state index in [-0.39, 0.29) is 18.3 Å².